The van der Waals surface area contributed by atoms with Crippen LogP contribution in [0.5, 0.6) is 0 Å². The first kappa shape index (κ1) is 45.9. The third-order valence-corrected chi connectivity index (χ3v) is 26.3. The molecule has 4 heteroatoms. The van der Waals surface area contributed by atoms with E-state index in [0.29, 0.717) is 0 Å². The van der Waals surface area contributed by atoms with Gasteiger partial charge in [0.1, 0.15) is 0 Å². The molecule has 0 atom stereocenters. The van der Waals surface area contributed by atoms with Crippen LogP contribution in [0, 0.1) is 0 Å². The van der Waals surface area contributed by atoms with E-state index in [1.165, 1.54) is 94.6 Å². The third kappa shape index (κ3) is 7.55. The molecule has 0 fully saturated rings. The van der Waals surface area contributed by atoms with Gasteiger partial charge < -0.3 is 4.90 Å². The van der Waals surface area contributed by atoms with Crippen LogP contribution in [0.2, 0.25) is 0 Å². The predicted octanol–water partition coefficient (Wildman–Crippen LogP) is 17.3. The zero-order chi connectivity index (χ0) is 50.5. The fraction of sp³-hybridized carbons (Fsp3) is 0. The first-order valence-electron chi connectivity index (χ1n) is 26.0. The lowest BCUT2D eigenvalue weighted by Gasteiger charge is -2.54. The SMILES string of the molecule is c1ccc(-c2ccc(-c3ccc(N(c4ccccc4)c4cccc(-c5ccc(-c6ccc7c(c6)[Si]6(c8ccccc8Sc8ccccc86)c6ccccc6S7(c6ccccc6)c6ccccc6)cc5)c4)cc3)cc2)cc1. The lowest BCUT2D eigenvalue weighted by Crippen LogP contribution is -2.78. The van der Waals surface area contributed by atoms with Gasteiger partial charge in [0.2, 0.25) is 0 Å². The summed E-state index contributed by atoms with van der Waals surface area (Å²) in [5, 5.41) is 5.93. The van der Waals surface area contributed by atoms with Gasteiger partial charge in [-0.3, -0.25) is 0 Å². The minimum Gasteiger partial charge on any atom is -0.310 e. The molecule has 0 aromatic heterocycles. The van der Waals surface area contributed by atoms with Crippen LogP contribution < -0.4 is 25.6 Å². The summed E-state index contributed by atoms with van der Waals surface area (Å²) >= 11 is 1.93. The molecule has 14 rings (SSSR count). The molecule has 0 saturated heterocycles. The van der Waals surface area contributed by atoms with Crippen molar-refractivity contribution in [1.29, 1.82) is 0 Å². The van der Waals surface area contributed by atoms with Crippen LogP contribution in [0.1, 0.15) is 0 Å². The van der Waals surface area contributed by atoms with Gasteiger partial charge in [-0.05, 0) is 150 Å². The number of hydrogen-bond donors (Lipinski definition) is 0. The Morgan fingerprint density at radius 2 is 0.618 bits per heavy atom. The summed E-state index contributed by atoms with van der Waals surface area (Å²) in [4.78, 5) is 10.7. The molecule has 0 amide bonds. The van der Waals surface area contributed by atoms with E-state index < -0.39 is 18.1 Å². The second kappa shape index (κ2) is 19.2. The quantitative estimate of drug-likeness (QED) is 0.133. The van der Waals surface area contributed by atoms with Crippen LogP contribution in [0.3, 0.4) is 0 Å². The molecule has 0 saturated carbocycles. The molecule has 2 aliphatic rings. The van der Waals surface area contributed by atoms with Crippen molar-refractivity contribution in [2.75, 3.05) is 4.90 Å². The summed E-state index contributed by atoms with van der Waals surface area (Å²) < 4.78 is 0. The highest BCUT2D eigenvalue weighted by Crippen LogP contribution is 2.74. The Morgan fingerprint density at radius 3 is 1.18 bits per heavy atom. The van der Waals surface area contributed by atoms with Crippen molar-refractivity contribution in [3.8, 4) is 44.5 Å². The minimum absolute atomic E-state index is 1.10. The van der Waals surface area contributed by atoms with Crippen molar-refractivity contribution >= 4 is 67.7 Å². The van der Waals surface area contributed by atoms with Crippen molar-refractivity contribution < 1.29 is 0 Å². The van der Waals surface area contributed by atoms with E-state index >= 15 is 0 Å². The fourth-order valence-electron chi connectivity index (χ4n) is 12.0. The van der Waals surface area contributed by atoms with E-state index in [4.69, 9.17) is 0 Å². The molecule has 0 unspecified atom stereocenters. The monoisotopic (exact) mass is 1020 g/mol. The summed E-state index contributed by atoms with van der Waals surface area (Å²) in [6, 6.07) is 116. The first-order valence-corrected chi connectivity index (χ1v) is 30.5. The Balaban J connectivity index is 0.876. The predicted molar refractivity (Wildman–Crippen MR) is 324 cm³/mol. The van der Waals surface area contributed by atoms with E-state index in [2.05, 4.69) is 314 Å². The zero-order valence-corrected chi connectivity index (χ0v) is 44.3. The largest absolute Gasteiger partial charge is 0.310 e. The Hall–Kier alpha value is -8.64. The van der Waals surface area contributed by atoms with Gasteiger partial charge in [-0.1, -0.05) is 236 Å². The molecule has 0 bridgehead atoms. The maximum Gasteiger partial charge on any atom is 0.184 e. The van der Waals surface area contributed by atoms with Crippen molar-refractivity contribution in [1.82, 2.24) is 0 Å². The van der Waals surface area contributed by atoms with Crippen LogP contribution in [0.15, 0.2) is 339 Å². The van der Waals surface area contributed by atoms with Crippen molar-refractivity contribution in [3.05, 3.63) is 309 Å². The topological polar surface area (TPSA) is 3.24 Å². The van der Waals surface area contributed by atoms with Crippen LogP contribution >= 0.6 is 21.8 Å². The van der Waals surface area contributed by atoms with Crippen LogP contribution in [-0.2, 0) is 0 Å². The molecule has 0 radical (unpaired) electrons. The number of benzene rings is 12. The number of hydrogen-bond acceptors (Lipinski definition) is 2. The molecule has 0 N–H and O–H groups in total. The normalized spacial score (nSPS) is 13.8. The van der Waals surface area contributed by atoms with Gasteiger partial charge in [0, 0.05) is 46.4 Å². The summed E-state index contributed by atoms with van der Waals surface area (Å²) in [5.41, 5.74) is 12.9. The number of nitrogens with zero attached hydrogens (tertiary/aromatic N) is 1. The molecule has 2 aliphatic heterocycles. The molecule has 12 aromatic carbocycles. The minimum atomic E-state index is -2.95. The van der Waals surface area contributed by atoms with E-state index in [1.807, 2.05) is 11.8 Å². The summed E-state index contributed by atoms with van der Waals surface area (Å²) in [6.07, 6.45) is 0. The maximum absolute atomic E-state index is 2.95. The van der Waals surface area contributed by atoms with E-state index in [1.54, 1.807) is 0 Å². The molecule has 0 aliphatic carbocycles. The van der Waals surface area contributed by atoms with Gasteiger partial charge in [-0.25, -0.2) is 0 Å². The fourth-order valence-corrected chi connectivity index (χ4v) is 24.9. The van der Waals surface area contributed by atoms with Crippen molar-refractivity contribution in [2.45, 2.75) is 29.4 Å². The molecular formula is C72H51NS2Si. The number of rotatable bonds is 9. The van der Waals surface area contributed by atoms with Gasteiger partial charge in [0.25, 0.3) is 0 Å². The number of fused-ring (bicyclic) bond motifs is 8. The Morgan fingerprint density at radius 1 is 0.250 bits per heavy atom. The van der Waals surface area contributed by atoms with Gasteiger partial charge in [-0.15, -0.1) is 10.0 Å². The van der Waals surface area contributed by atoms with Crippen LogP contribution in [0.25, 0.3) is 44.5 Å². The second-order valence-corrected chi connectivity index (χ2v) is 27.4. The third-order valence-electron chi connectivity index (χ3n) is 15.5. The number of anilines is 3. The van der Waals surface area contributed by atoms with Gasteiger partial charge in [-0.2, -0.15) is 0 Å². The number of para-hydroxylation sites is 1. The lowest BCUT2D eigenvalue weighted by atomic mass is 9.99. The summed E-state index contributed by atoms with van der Waals surface area (Å²) in [5.74, 6) is 0. The van der Waals surface area contributed by atoms with Crippen LogP contribution in [-0.4, -0.2) is 8.07 Å². The molecule has 2 heterocycles. The van der Waals surface area contributed by atoms with Crippen LogP contribution in [0.4, 0.5) is 17.1 Å². The molecule has 1 spiro atoms. The average molecular weight is 1020 g/mol. The lowest BCUT2D eigenvalue weighted by molar-refractivity contribution is 1.24. The van der Waals surface area contributed by atoms with Gasteiger partial charge in [0.15, 0.2) is 8.07 Å². The highest BCUT2D eigenvalue weighted by molar-refractivity contribution is 8.34. The average Bonchev–Trinajstić information content (AvgIpc) is 3.57. The highest BCUT2D eigenvalue weighted by atomic mass is 32.3. The zero-order valence-electron chi connectivity index (χ0n) is 41.7. The smallest absolute Gasteiger partial charge is 0.184 e. The Kier molecular flexibility index (Phi) is 11.6. The van der Waals surface area contributed by atoms with Crippen molar-refractivity contribution in [3.63, 3.8) is 0 Å². The first-order chi connectivity index (χ1) is 37.7. The standard InChI is InChI=1S/C72H51NS2Si/c1-5-20-52(21-6-1)53-36-38-54(39-37-53)55-44-47-61(48-45-55)73(60-23-7-2-8-24-60)62-25-19-22-58(50-62)56-40-42-57(43-41-56)59-46-49-68-72(51-59)76(69-33-16-13-30-65(69)74-66-31-14-17-34-70(66)76)71-35-18-15-32-67(71)75(68,63-26-9-3-10-27-63)64-28-11-4-12-29-64/h1-51H. The van der Waals surface area contributed by atoms with E-state index in [-0.39, 0.29) is 0 Å². The maximum atomic E-state index is 2.62. The van der Waals surface area contributed by atoms with E-state index in [0.717, 1.165) is 17.1 Å². The van der Waals surface area contributed by atoms with Crippen molar-refractivity contribution in [2.24, 2.45) is 0 Å². The van der Waals surface area contributed by atoms with Gasteiger partial charge in [0.05, 0.1) is 0 Å². The molecule has 1 nitrogen and oxygen atoms in total. The molecular weight excluding hydrogens is 971 g/mol. The molecule has 360 valence electrons. The Labute approximate surface area is 452 Å². The van der Waals surface area contributed by atoms with Gasteiger partial charge >= 0.3 is 0 Å². The second-order valence-electron chi connectivity index (χ2n) is 19.6. The molecule has 12 aromatic rings. The highest BCUT2D eigenvalue weighted by Gasteiger charge is 2.56. The van der Waals surface area contributed by atoms with E-state index in [9.17, 15) is 0 Å². The summed E-state index contributed by atoms with van der Waals surface area (Å²) in [7, 11) is -4.90. The molecule has 76 heavy (non-hydrogen) atoms. The summed E-state index contributed by atoms with van der Waals surface area (Å²) in [6.45, 7) is 0. The Bertz CT molecular complexity index is 3970.